The van der Waals surface area contributed by atoms with Crippen molar-refractivity contribution < 1.29 is 23.9 Å². The number of nitrogens with one attached hydrogen (secondary N) is 1. The summed E-state index contributed by atoms with van der Waals surface area (Å²) in [4.78, 5) is 33.4. The molecule has 0 heterocycles. The van der Waals surface area contributed by atoms with Gasteiger partial charge in [-0.05, 0) is 32.1 Å². The van der Waals surface area contributed by atoms with Gasteiger partial charge in [-0.15, -0.1) is 0 Å². The minimum Gasteiger partial charge on any atom is -0.478 e. The first-order valence-corrected chi connectivity index (χ1v) is 5.96. The summed E-state index contributed by atoms with van der Waals surface area (Å²) in [6.45, 7) is 2.85. The van der Waals surface area contributed by atoms with Gasteiger partial charge in [-0.3, -0.25) is 9.59 Å². The lowest BCUT2D eigenvalue weighted by Crippen LogP contribution is -2.53. The molecule has 0 aromatic heterocycles. The number of amides is 2. The molecule has 0 aliphatic heterocycles. The summed E-state index contributed by atoms with van der Waals surface area (Å²) < 4.78 is 13.7. The van der Waals surface area contributed by atoms with Crippen LogP contribution < -0.4 is 11.1 Å². The Morgan fingerprint density at radius 3 is 2.43 bits per heavy atom. The molecule has 0 aliphatic carbocycles. The van der Waals surface area contributed by atoms with Crippen LogP contribution >= 0.6 is 0 Å². The predicted molar refractivity (Wildman–Crippen MR) is 73.8 cm³/mol. The van der Waals surface area contributed by atoms with Crippen LogP contribution in [-0.4, -0.2) is 28.4 Å². The smallest absolute Gasteiger partial charge is 0.328 e. The fourth-order valence-corrected chi connectivity index (χ4v) is 1.38. The zero-order valence-electron chi connectivity index (χ0n) is 11.5. The van der Waals surface area contributed by atoms with Crippen LogP contribution in [0.15, 0.2) is 24.3 Å². The molecule has 0 unspecified atom stereocenters. The van der Waals surface area contributed by atoms with E-state index in [4.69, 9.17) is 10.8 Å². The highest BCUT2D eigenvalue weighted by molar-refractivity contribution is 5.98. The Morgan fingerprint density at radius 1 is 1.33 bits per heavy atom. The molecule has 0 spiro atoms. The van der Waals surface area contributed by atoms with E-state index in [-0.39, 0.29) is 11.1 Å². The molecule has 0 saturated heterocycles. The van der Waals surface area contributed by atoms with Crippen LogP contribution in [0.2, 0.25) is 0 Å². The first kappa shape index (κ1) is 16.4. The number of carbonyl (C=O) groups excluding carboxylic acids is 2. The molecule has 0 fully saturated rings. The molecular weight excluding hydrogens is 279 g/mol. The third-order valence-corrected chi connectivity index (χ3v) is 2.71. The lowest BCUT2D eigenvalue weighted by molar-refractivity contribution is -0.131. The number of carboxylic acid groups (broad SMARTS) is 1. The first-order valence-electron chi connectivity index (χ1n) is 5.96. The van der Waals surface area contributed by atoms with Crippen molar-refractivity contribution in [1.29, 1.82) is 0 Å². The first-order chi connectivity index (χ1) is 9.63. The van der Waals surface area contributed by atoms with Gasteiger partial charge in [-0.1, -0.05) is 6.07 Å². The highest BCUT2D eigenvalue weighted by atomic mass is 19.1. The van der Waals surface area contributed by atoms with Crippen molar-refractivity contribution in [1.82, 2.24) is 5.32 Å². The molecule has 7 heteroatoms. The summed E-state index contributed by atoms with van der Waals surface area (Å²) in [5.41, 5.74) is 3.88. The van der Waals surface area contributed by atoms with Gasteiger partial charge in [0, 0.05) is 17.2 Å². The van der Waals surface area contributed by atoms with Gasteiger partial charge in [-0.25, -0.2) is 9.18 Å². The summed E-state index contributed by atoms with van der Waals surface area (Å²) >= 11 is 0. The van der Waals surface area contributed by atoms with Gasteiger partial charge in [0.1, 0.15) is 11.4 Å². The Bertz CT molecular complexity index is 623. The Kier molecular flexibility index (Phi) is 4.80. The number of carbonyl (C=O) groups is 3. The Hall–Kier alpha value is -2.70. The summed E-state index contributed by atoms with van der Waals surface area (Å²) in [5.74, 6) is -3.35. The Balaban J connectivity index is 2.96. The molecule has 1 aromatic rings. The number of carboxylic acids is 1. The molecule has 0 aliphatic rings. The average Bonchev–Trinajstić information content (AvgIpc) is 2.36. The molecule has 21 heavy (non-hydrogen) atoms. The number of primary amides is 1. The number of halogens is 1. The number of benzene rings is 1. The fraction of sp³-hybridized carbons (Fsp3) is 0.214. The highest BCUT2D eigenvalue weighted by Crippen LogP contribution is 2.13. The lowest BCUT2D eigenvalue weighted by Gasteiger charge is -2.22. The van der Waals surface area contributed by atoms with Gasteiger partial charge < -0.3 is 16.2 Å². The molecule has 0 radical (unpaired) electrons. The number of hydrogen-bond acceptors (Lipinski definition) is 3. The van der Waals surface area contributed by atoms with Crippen LogP contribution in [0, 0.1) is 5.82 Å². The SMILES string of the molecule is CC(C)(NC(=O)c1ccc(C=CC(=O)O)c(F)c1)C(N)=O. The van der Waals surface area contributed by atoms with E-state index in [2.05, 4.69) is 5.32 Å². The zero-order valence-corrected chi connectivity index (χ0v) is 11.5. The van der Waals surface area contributed by atoms with Crippen molar-refractivity contribution >= 4 is 23.9 Å². The number of hydrogen-bond donors (Lipinski definition) is 3. The third kappa shape index (κ3) is 4.41. The number of rotatable bonds is 5. The van der Waals surface area contributed by atoms with Crippen molar-refractivity contribution in [2.75, 3.05) is 0 Å². The molecule has 2 amide bonds. The van der Waals surface area contributed by atoms with Gasteiger partial charge in [-0.2, -0.15) is 0 Å². The number of aliphatic carboxylic acids is 1. The standard InChI is InChI=1S/C14H15FN2O4/c1-14(2,13(16)21)17-12(20)9-4-3-8(10(15)7-9)5-6-11(18)19/h3-7H,1-2H3,(H2,16,21)(H,17,20)(H,18,19). The normalized spacial score (nSPS) is 11.4. The van der Waals surface area contributed by atoms with Crippen molar-refractivity contribution in [2.45, 2.75) is 19.4 Å². The Labute approximate surface area is 120 Å². The van der Waals surface area contributed by atoms with E-state index in [0.29, 0.717) is 0 Å². The second-order valence-corrected chi connectivity index (χ2v) is 4.85. The number of nitrogens with two attached hydrogens (primary N) is 1. The molecule has 0 saturated carbocycles. The Morgan fingerprint density at radius 2 is 1.95 bits per heavy atom. The summed E-state index contributed by atoms with van der Waals surface area (Å²) in [5, 5.41) is 10.8. The maximum Gasteiger partial charge on any atom is 0.328 e. The molecule has 112 valence electrons. The van der Waals surface area contributed by atoms with Crippen molar-refractivity contribution in [3.63, 3.8) is 0 Å². The van der Waals surface area contributed by atoms with E-state index in [1.807, 2.05) is 0 Å². The van der Waals surface area contributed by atoms with Gasteiger partial charge in [0.25, 0.3) is 5.91 Å². The highest BCUT2D eigenvalue weighted by Gasteiger charge is 2.27. The summed E-state index contributed by atoms with van der Waals surface area (Å²) in [6, 6.07) is 3.53. The molecule has 0 bridgehead atoms. The van der Waals surface area contributed by atoms with Gasteiger partial charge in [0.05, 0.1) is 0 Å². The second-order valence-electron chi connectivity index (χ2n) is 4.85. The molecule has 1 rings (SSSR count). The topological polar surface area (TPSA) is 109 Å². The van der Waals surface area contributed by atoms with E-state index in [0.717, 1.165) is 18.2 Å². The van der Waals surface area contributed by atoms with Crippen molar-refractivity contribution in [3.05, 3.63) is 41.2 Å². The quantitative estimate of drug-likeness (QED) is 0.701. The van der Waals surface area contributed by atoms with Gasteiger partial charge in [0.2, 0.25) is 5.91 Å². The predicted octanol–water partition coefficient (Wildman–Crippen LogP) is 0.917. The third-order valence-electron chi connectivity index (χ3n) is 2.71. The largest absolute Gasteiger partial charge is 0.478 e. The van der Waals surface area contributed by atoms with Crippen molar-refractivity contribution in [3.8, 4) is 0 Å². The minimum atomic E-state index is -1.27. The fourth-order valence-electron chi connectivity index (χ4n) is 1.38. The summed E-state index contributed by atoms with van der Waals surface area (Å²) in [7, 11) is 0. The second kappa shape index (κ2) is 6.17. The maximum atomic E-state index is 13.7. The molecule has 6 nitrogen and oxygen atoms in total. The van der Waals surface area contributed by atoms with Gasteiger partial charge >= 0.3 is 5.97 Å². The van der Waals surface area contributed by atoms with Crippen LogP contribution in [0.25, 0.3) is 6.08 Å². The van der Waals surface area contributed by atoms with E-state index < -0.39 is 29.1 Å². The average molecular weight is 294 g/mol. The molecular formula is C14H15FN2O4. The van der Waals surface area contributed by atoms with Gasteiger partial charge in [0.15, 0.2) is 0 Å². The molecule has 4 N–H and O–H groups in total. The van der Waals surface area contributed by atoms with Crippen LogP contribution in [-0.2, 0) is 9.59 Å². The minimum absolute atomic E-state index is 0.00528. The molecule has 0 atom stereocenters. The maximum absolute atomic E-state index is 13.7. The van der Waals surface area contributed by atoms with E-state index in [9.17, 15) is 18.8 Å². The van der Waals surface area contributed by atoms with Crippen LogP contribution in [0.1, 0.15) is 29.8 Å². The summed E-state index contributed by atoms with van der Waals surface area (Å²) in [6.07, 6.45) is 1.86. The van der Waals surface area contributed by atoms with E-state index in [1.165, 1.54) is 26.0 Å². The monoisotopic (exact) mass is 294 g/mol. The van der Waals surface area contributed by atoms with Crippen LogP contribution in [0.5, 0.6) is 0 Å². The lowest BCUT2D eigenvalue weighted by atomic mass is 10.0. The van der Waals surface area contributed by atoms with E-state index >= 15 is 0 Å². The molecule has 1 aromatic carbocycles. The van der Waals surface area contributed by atoms with Crippen LogP contribution in [0.4, 0.5) is 4.39 Å². The van der Waals surface area contributed by atoms with Crippen molar-refractivity contribution in [2.24, 2.45) is 5.73 Å². The zero-order chi connectivity index (χ0) is 16.2. The van der Waals surface area contributed by atoms with Crippen LogP contribution in [0.3, 0.4) is 0 Å². The van der Waals surface area contributed by atoms with E-state index in [1.54, 1.807) is 0 Å².